The van der Waals surface area contributed by atoms with Crippen LogP contribution in [0.2, 0.25) is 0 Å². The number of H-pyrrole nitrogens is 1. The first-order chi connectivity index (χ1) is 10.7. The molecule has 2 aromatic rings. The fraction of sp³-hybridized carbons (Fsp3) is 0.529. The van der Waals surface area contributed by atoms with Gasteiger partial charge in [-0.25, -0.2) is 4.98 Å². The maximum Gasteiger partial charge on any atom is 0.223 e. The van der Waals surface area contributed by atoms with Gasteiger partial charge in [0.05, 0.1) is 17.6 Å². The number of nitrogens with one attached hydrogen (secondary N) is 2. The maximum atomic E-state index is 11.9. The molecule has 1 fully saturated rings. The van der Waals surface area contributed by atoms with E-state index < -0.39 is 0 Å². The van der Waals surface area contributed by atoms with Crippen LogP contribution in [0.25, 0.3) is 11.0 Å². The smallest absolute Gasteiger partial charge is 0.223 e. The van der Waals surface area contributed by atoms with Gasteiger partial charge in [0.1, 0.15) is 5.82 Å². The summed E-state index contributed by atoms with van der Waals surface area (Å²) in [6, 6.07) is 6.28. The molecule has 0 atom stereocenters. The van der Waals surface area contributed by atoms with E-state index in [1.807, 2.05) is 6.92 Å². The SMILES string of the molecule is CCNC(=O)C1CCN(Cc2nc3ccc(C)cc3[nH]2)CC1. The summed E-state index contributed by atoms with van der Waals surface area (Å²) in [7, 11) is 0. The lowest BCUT2D eigenvalue weighted by Gasteiger charge is -2.30. The molecule has 0 radical (unpaired) electrons. The number of nitrogens with zero attached hydrogens (tertiary/aromatic N) is 2. The van der Waals surface area contributed by atoms with Crippen molar-refractivity contribution in [3.8, 4) is 0 Å². The summed E-state index contributed by atoms with van der Waals surface area (Å²) in [5, 5.41) is 2.93. The second kappa shape index (κ2) is 6.48. The molecule has 0 saturated carbocycles. The number of rotatable bonds is 4. The van der Waals surface area contributed by atoms with Gasteiger partial charge >= 0.3 is 0 Å². The molecule has 1 aromatic heterocycles. The van der Waals surface area contributed by atoms with E-state index in [1.165, 1.54) is 5.56 Å². The monoisotopic (exact) mass is 300 g/mol. The summed E-state index contributed by atoms with van der Waals surface area (Å²) >= 11 is 0. The van der Waals surface area contributed by atoms with Crippen LogP contribution in [0, 0.1) is 12.8 Å². The highest BCUT2D eigenvalue weighted by Crippen LogP contribution is 2.20. The highest BCUT2D eigenvalue weighted by Gasteiger charge is 2.24. The third-order valence-electron chi connectivity index (χ3n) is 4.37. The lowest BCUT2D eigenvalue weighted by Crippen LogP contribution is -2.40. The lowest BCUT2D eigenvalue weighted by atomic mass is 9.96. The first-order valence-electron chi connectivity index (χ1n) is 8.11. The van der Waals surface area contributed by atoms with E-state index in [9.17, 15) is 4.79 Å². The molecule has 1 aromatic carbocycles. The number of carbonyl (C=O) groups excluding carboxylic acids is 1. The van der Waals surface area contributed by atoms with Crippen molar-refractivity contribution < 1.29 is 4.79 Å². The number of aryl methyl sites for hydroxylation is 1. The van der Waals surface area contributed by atoms with Crippen LogP contribution in [0.1, 0.15) is 31.2 Å². The number of hydrogen-bond donors (Lipinski definition) is 2. The summed E-state index contributed by atoms with van der Waals surface area (Å²) < 4.78 is 0. The highest BCUT2D eigenvalue weighted by molar-refractivity contribution is 5.78. The zero-order valence-electron chi connectivity index (χ0n) is 13.4. The van der Waals surface area contributed by atoms with E-state index in [2.05, 4.69) is 45.3 Å². The molecular weight excluding hydrogens is 276 g/mol. The molecule has 0 unspecified atom stereocenters. The molecule has 1 aliphatic rings. The number of benzene rings is 1. The predicted molar refractivity (Wildman–Crippen MR) is 87.5 cm³/mol. The van der Waals surface area contributed by atoms with Crippen molar-refractivity contribution in [2.45, 2.75) is 33.2 Å². The van der Waals surface area contributed by atoms with Gasteiger partial charge in [-0.05, 0) is 57.5 Å². The minimum atomic E-state index is 0.175. The van der Waals surface area contributed by atoms with Crippen LogP contribution in [-0.2, 0) is 11.3 Å². The third kappa shape index (κ3) is 3.30. The minimum absolute atomic E-state index is 0.175. The van der Waals surface area contributed by atoms with Crippen LogP contribution in [-0.4, -0.2) is 40.4 Å². The van der Waals surface area contributed by atoms with E-state index in [0.29, 0.717) is 0 Å². The van der Waals surface area contributed by atoms with Crippen molar-refractivity contribution in [3.05, 3.63) is 29.6 Å². The van der Waals surface area contributed by atoms with Crippen LogP contribution in [0.5, 0.6) is 0 Å². The lowest BCUT2D eigenvalue weighted by molar-refractivity contribution is -0.126. The molecule has 1 saturated heterocycles. The Kier molecular flexibility index (Phi) is 4.43. The Bertz CT molecular complexity index is 656. The van der Waals surface area contributed by atoms with Crippen molar-refractivity contribution in [1.82, 2.24) is 20.2 Å². The van der Waals surface area contributed by atoms with E-state index in [0.717, 1.165) is 55.9 Å². The molecule has 5 nitrogen and oxygen atoms in total. The number of carbonyl (C=O) groups is 1. The molecule has 0 aliphatic carbocycles. The van der Waals surface area contributed by atoms with Gasteiger partial charge in [-0.2, -0.15) is 0 Å². The number of likely N-dealkylation sites (tertiary alicyclic amines) is 1. The Morgan fingerprint density at radius 2 is 2.18 bits per heavy atom. The van der Waals surface area contributed by atoms with Crippen LogP contribution in [0.15, 0.2) is 18.2 Å². The molecule has 3 rings (SSSR count). The summed E-state index contributed by atoms with van der Waals surface area (Å²) in [6.45, 7) is 7.52. The summed E-state index contributed by atoms with van der Waals surface area (Å²) in [5.41, 5.74) is 3.37. The van der Waals surface area contributed by atoms with Gasteiger partial charge in [0, 0.05) is 12.5 Å². The van der Waals surface area contributed by atoms with E-state index in [4.69, 9.17) is 0 Å². The van der Waals surface area contributed by atoms with Crippen molar-refractivity contribution in [2.75, 3.05) is 19.6 Å². The number of piperidine rings is 1. The summed E-state index contributed by atoms with van der Waals surface area (Å²) in [6.07, 6.45) is 1.87. The zero-order valence-corrected chi connectivity index (χ0v) is 13.4. The molecule has 2 heterocycles. The number of amides is 1. The fourth-order valence-corrected chi connectivity index (χ4v) is 3.13. The van der Waals surface area contributed by atoms with Crippen molar-refractivity contribution in [1.29, 1.82) is 0 Å². The normalized spacial score (nSPS) is 17.0. The quantitative estimate of drug-likeness (QED) is 0.910. The topological polar surface area (TPSA) is 61.0 Å². The van der Waals surface area contributed by atoms with Gasteiger partial charge in [-0.3, -0.25) is 9.69 Å². The van der Waals surface area contributed by atoms with Gasteiger partial charge in [-0.15, -0.1) is 0 Å². The van der Waals surface area contributed by atoms with E-state index >= 15 is 0 Å². The average Bonchev–Trinajstić information content (AvgIpc) is 2.89. The predicted octanol–water partition coefficient (Wildman–Crippen LogP) is 2.22. The maximum absolute atomic E-state index is 11.9. The molecule has 1 aliphatic heterocycles. The molecule has 22 heavy (non-hydrogen) atoms. The average molecular weight is 300 g/mol. The standard InChI is InChI=1S/C17H24N4O/c1-3-18-17(22)13-6-8-21(9-7-13)11-16-19-14-5-4-12(2)10-15(14)20-16/h4-5,10,13H,3,6-9,11H2,1-2H3,(H,18,22)(H,19,20). The third-order valence-corrected chi connectivity index (χ3v) is 4.37. The Morgan fingerprint density at radius 1 is 1.41 bits per heavy atom. The van der Waals surface area contributed by atoms with Crippen LogP contribution < -0.4 is 5.32 Å². The van der Waals surface area contributed by atoms with Crippen molar-refractivity contribution in [3.63, 3.8) is 0 Å². The van der Waals surface area contributed by atoms with Crippen LogP contribution in [0.4, 0.5) is 0 Å². The van der Waals surface area contributed by atoms with Crippen molar-refractivity contribution >= 4 is 16.9 Å². The van der Waals surface area contributed by atoms with Gasteiger partial charge in [-0.1, -0.05) is 6.07 Å². The van der Waals surface area contributed by atoms with Crippen molar-refractivity contribution in [2.24, 2.45) is 5.92 Å². The molecule has 0 bridgehead atoms. The Balaban J connectivity index is 1.58. The van der Waals surface area contributed by atoms with Gasteiger partial charge in [0.25, 0.3) is 0 Å². The van der Waals surface area contributed by atoms with Crippen LogP contribution in [0.3, 0.4) is 0 Å². The molecular formula is C17H24N4O. The van der Waals surface area contributed by atoms with E-state index in [-0.39, 0.29) is 11.8 Å². The second-order valence-electron chi connectivity index (χ2n) is 6.15. The Labute approximate surface area is 131 Å². The number of fused-ring (bicyclic) bond motifs is 1. The summed E-state index contributed by atoms with van der Waals surface area (Å²) in [5.74, 6) is 1.40. The number of hydrogen-bond acceptors (Lipinski definition) is 3. The zero-order chi connectivity index (χ0) is 15.5. The molecule has 118 valence electrons. The molecule has 0 spiro atoms. The summed E-state index contributed by atoms with van der Waals surface area (Å²) in [4.78, 5) is 22.3. The van der Waals surface area contributed by atoms with Crippen LogP contribution >= 0.6 is 0 Å². The molecule has 5 heteroatoms. The Hall–Kier alpha value is -1.88. The molecule has 2 N–H and O–H groups in total. The van der Waals surface area contributed by atoms with Gasteiger partial charge in [0.2, 0.25) is 5.91 Å². The fourth-order valence-electron chi connectivity index (χ4n) is 3.13. The Morgan fingerprint density at radius 3 is 2.91 bits per heavy atom. The number of aromatic amines is 1. The first kappa shape index (κ1) is 15.0. The second-order valence-corrected chi connectivity index (χ2v) is 6.15. The van der Waals surface area contributed by atoms with E-state index in [1.54, 1.807) is 0 Å². The first-order valence-corrected chi connectivity index (χ1v) is 8.11. The van der Waals surface area contributed by atoms with Gasteiger partial charge in [0.15, 0.2) is 0 Å². The minimum Gasteiger partial charge on any atom is -0.356 e. The largest absolute Gasteiger partial charge is 0.356 e. The highest BCUT2D eigenvalue weighted by atomic mass is 16.1. The number of aromatic nitrogens is 2. The molecule has 1 amide bonds. The number of imidazole rings is 1. The van der Waals surface area contributed by atoms with Gasteiger partial charge < -0.3 is 10.3 Å².